The maximum atomic E-state index is 11.6. The minimum Gasteiger partial charge on any atom is -0.383 e. The molecule has 1 unspecified atom stereocenters. The number of ether oxygens (including phenoxy) is 2. The minimum absolute atomic E-state index is 0.0580. The highest BCUT2D eigenvalue weighted by atomic mass is 16.5. The minimum atomic E-state index is -0.129. The molecular weight excluding hydrogens is 208 g/mol. The molecule has 0 bridgehead atoms. The lowest BCUT2D eigenvalue weighted by Gasteiger charge is -2.21. The van der Waals surface area contributed by atoms with E-state index in [-0.39, 0.29) is 11.9 Å². The van der Waals surface area contributed by atoms with Crippen LogP contribution >= 0.6 is 0 Å². The summed E-state index contributed by atoms with van der Waals surface area (Å²) in [5.74, 6) is 0.0580. The van der Waals surface area contributed by atoms with Crippen LogP contribution in [-0.4, -0.2) is 57.4 Å². The molecule has 0 fully saturated rings. The molecule has 0 radical (unpaired) electrons. The lowest BCUT2D eigenvalue weighted by atomic mass is 10.3. The van der Waals surface area contributed by atoms with Crippen molar-refractivity contribution in [1.82, 2.24) is 4.90 Å². The van der Waals surface area contributed by atoms with Gasteiger partial charge in [0.25, 0.3) is 0 Å². The predicted octanol–water partition coefficient (Wildman–Crippen LogP) is 0.235. The number of methoxy groups -OCH3 is 1. The highest BCUT2D eigenvalue weighted by molar-refractivity contribution is 5.75. The maximum Gasteiger partial charge on any atom is 0.224 e. The van der Waals surface area contributed by atoms with E-state index in [9.17, 15) is 4.79 Å². The summed E-state index contributed by atoms with van der Waals surface area (Å²) in [6, 6.07) is -0.129. The first-order valence-electron chi connectivity index (χ1n) is 5.68. The Morgan fingerprint density at radius 3 is 2.69 bits per heavy atom. The van der Waals surface area contributed by atoms with Gasteiger partial charge in [-0.05, 0) is 6.42 Å². The van der Waals surface area contributed by atoms with Crippen LogP contribution in [0.5, 0.6) is 0 Å². The van der Waals surface area contributed by atoms with E-state index < -0.39 is 0 Å². The van der Waals surface area contributed by atoms with Crippen LogP contribution in [0.25, 0.3) is 0 Å². The van der Waals surface area contributed by atoms with E-state index in [4.69, 9.17) is 15.2 Å². The molecule has 16 heavy (non-hydrogen) atoms. The number of rotatable bonds is 9. The molecule has 0 aliphatic carbocycles. The Balaban J connectivity index is 3.64. The van der Waals surface area contributed by atoms with Crippen molar-refractivity contribution in [2.24, 2.45) is 5.73 Å². The van der Waals surface area contributed by atoms with Crippen molar-refractivity contribution in [2.75, 3.05) is 40.5 Å². The predicted molar refractivity (Wildman–Crippen MR) is 63.2 cm³/mol. The summed E-state index contributed by atoms with van der Waals surface area (Å²) in [6.45, 7) is 4.21. The highest BCUT2D eigenvalue weighted by Crippen LogP contribution is 1.94. The van der Waals surface area contributed by atoms with Gasteiger partial charge in [0.15, 0.2) is 0 Å². The Kier molecular flexibility index (Phi) is 9.18. The summed E-state index contributed by atoms with van der Waals surface area (Å²) in [5.41, 5.74) is 5.75. The van der Waals surface area contributed by atoms with Crippen LogP contribution < -0.4 is 5.73 Å². The number of carbonyl (C=O) groups is 1. The zero-order valence-corrected chi connectivity index (χ0v) is 10.6. The van der Waals surface area contributed by atoms with Gasteiger partial charge in [-0.25, -0.2) is 0 Å². The van der Waals surface area contributed by atoms with Crippen molar-refractivity contribution in [3.8, 4) is 0 Å². The summed E-state index contributed by atoms with van der Waals surface area (Å²) in [7, 11) is 3.35. The average Bonchev–Trinajstić information content (AvgIpc) is 2.24. The Hall–Kier alpha value is -0.650. The molecule has 2 N–H and O–H groups in total. The molecule has 0 heterocycles. The van der Waals surface area contributed by atoms with Crippen LogP contribution in [0.4, 0.5) is 0 Å². The van der Waals surface area contributed by atoms with Crippen LogP contribution in [0.2, 0.25) is 0 Å². The Labute approximate surface area is 97.9 Å². The molecule has 1 amide bonds. The number of nitrogens with zero attached hydrogens (tertiary/aromatic N) is 1. The van der Waals surface area contributed by atoms with Crippen LogP contribution in [0.1, 0.15) is 19.8 Å². The average molecular weight is 232 g/mol. The van der Waals surface area contributed by atoms with Gasteiger partial charge in [0, 0.05) is 33.4 Å². The number of carbonyl (C=O) groups excluding carboxylic acids is 1. The summed E-state index contributed by atoms with van der Waals surface area (Å²) in [4.78, 5) is 13.2. The molecule has 5 nitrogen and oxygen atoms in total. The first-order chi connectivity index (χ1) is 7.61. The van der Waals surface area contributed by atoms with Gasteiger partial charge in [0.2, 0.25) is 5.91 Å². The fourth-order valence-corrected chi connectivity index (χ4v) is 1.32. The summed E-state index contributed by atoms with van der Waals surface area (Å²) in [6.07, 6.45) is 1.39. The molecule has 0 aromatic carbocycles. The molecule has 0 aromatic rings. The van der Waals surface area contributed by atoms with Crippen LogP contribution in [-0.2, 0) is 14.3 Å². The van der Waals surface area contributed by atoms with Crippen molar-refractivity contribution in [2.45, 2.75) is 25.8 Å². The van der Waals surface area contributed by atoms with E-state index in [2.05, 4.69) is 0 Å². The van der Waals surface area contributed by atoms with Gasteiger partial charge in [-0.3, -0.25) is 4.79 Å². The first-order valence-corrected chi connectivity index (χ1v) is 5.68. The van der Waals surface area contributed by atoms with Crippen LogP contribution in [0.3, 0.4) is 0 Å². The molecule has 5 heteroatoms. The third kappa shape index (κ3) is 7.62. The van der Waals surface area contributed by atoms with Crippen molar-refractivity contribution >= 4 is 5.91 Å². The maximum absolute atomic E-state index is 11.6. The number of amides is 1. The molecule has 0 saturated carbocycles. The summed E-state index contributed by atoms with van der Waals surface area (Å²) >= 11 is 0. The quantitative estimate of drug-likeness (QED) is 0.578. The molecule has 0 aliphatic rings. The van der Waals surface area contributed by atoms with Crippen molar-refractivity contribution in [3.63, 3.8) is 0 Å². The lowest BCUT2D eigenvalue weighted by molar-refractivity contribution is -0.131. The van der Waals surface area contributed by atoms with Crippen LogP contribution in [0, 0.1) is 0 Å². The first kappa shape index (κ1) is 15.3. The second-order valence-electron chi connectivity index (χ2n) is 3.85. The zero-order valence-electron chi connectivity index (χ0n) is 10.6. The zero-order chi connectivity index (χ0) is 12.4. The number of hydrogen-bond donors (Lipinski definition) is 1. The Morgan fingerprint density at radius 1 is 1.44 bits per heavy atom. The Morgan fingerprint density at radius 2 is 2.12 bits per heavy atom. The normalized spacial score (nSPS) is 12.5. The van der Waals surface area contributed by atoms with Crippen molar-refractivity contribution < 1.29 is 14.3 Å². The van der Waals surface area contributed by atoms with Gasteiger partial charge in [-0.2, -0.15) is 0 Å². The van der Waals surface area contributed by atoms with E-state index in [1.807, 2.05) is 6.92 Å². The molecule has 0 saturated heterocycles. The molecule has 0 aromatic heterocycles. The molecule has 0 aliphatic heterocycles. The van der Waals surface area contributed by atoms with E-state index in [1.165, 1.54) is 0 Å². The Bertz CT molecular complexity index is 188. The number of hydrogen-bond acceptors (Lipinski definition) is 4. The van der Waals surface area contributed by atoms with Gasteiger partial charge in [0.1, 0.15) is 0 Å². The summed E-state index contributed by atoms with van der Waals surface area (Å²) < 4.78 is 10.2. The smallest absolute Gasteiger partial charge is 0.224 e. The molecule has 0 spiro atoms. The van der Waals surface area contributed by atoms with Crippen LogP contribution in [0.15, 0.2) is 0 Å². The fourth-order valence-electron chi connectivity index (χ4n) is 1.32. The van der Waals surface area contributed by atoms with E-state index >= 15 is 0 Å². The third-order valence-electron chi connectivity index (χ3n) is 2.12. The lowest BCUT2D eigenvalue weighted by Crippen LogP contribution is -2.41. The SMILES string of the molecule is CCCOCCC(=O)N(C)CC(N)COC. The van der Waals surface area contributed by atoms with Gasteiger partial charge in [-0.1, -0.05) is 6.92 Å². The second-order valence-corrected chi connectivity index (χ2v) is 3.85. The van der Waals surface area contributed by atoms with Crippen molar-refractivity contribution in [3.05, 3.63) is 0 Å². The molecule has 0 rings (SSSR count). The second kappa shape index (κ2) is 9.57. The topological polar surface area (TPSA) is 64.8 Å². The van der Waals surface area contributed by atoms with E-state index in [0.717, 1.165) is 6.42 Å². The van der Waals surface area contributed by atoms with Crippen molar-refractivity contribution in [1.29, 1.82) is 0 Å². The van der Waals surface area contributed by atoms with E-state index in [1.54, 1.807) is 19.1 Å². The highest BCUT2D eigenvalue weighted by Gasteiger charge is 2.12. The van der Waals surface area contributed by atoms with Gasteiger partial charge < -0.3 is 20.1 Å². The van der Waals surface area contributed by atoms with Gasteiger partial charge >= 0.3 is 0 Å². The van der Waals surface area contributed by atoms with Gasteiger partial charge in [0.05, 0.1) is 19.6 Å². The third-order valence-corrected chi connectivity index (χ3v) is 2.12. The monoisotopic (exact) mass is 232 g/mol. The fraction of sp³-hybridized carbons (Fsp3) is 0.909. The summed E-state index contributed by atoms with van der Waals surface area (Å²) in [5, 5.41) is 0. The van der Waals surface area contributed by atoms with Gasteiger partial charge in [-0.15, -0.1) is 0 Å². The molecule has 96 valence electrons. The van der Waals surface area contributed by atoms with E-state index in [0.29, 0.717) is 32.8 Å². The largest absolute Gasteiger partial charge is 0.383 e. The molecular formula is C11H24N2O3. The molecule has 1 atom stereocenters. The number of likely N-dealkylation sites (N-methyl/N-ethyl adjacent to an activating group) is 1. The number of nitrogens with two attached hydrogens (primary N) is 1. The standard InChI is InChI=1S/C11H24N2O3/c1-4-6-16-7-5-11(14)13(2)8-10(12)9-15-3/h10H,4-9,12H2,1-3H3.